The highest BCUT2D eigenvalue weighted by Gasteiger charge is 2.14. The molecule has 0 radical (unpaired) electrons. The summed E-state index contributed by atoms with van der Waals surface area (Å²) < 4.78 is 6.44. The Hall–Kier alpha value is -2.14. The molecule has 3 aromatic rings. The molecule has 106 valence electrons. The van der Waals surface area contributed by atoms with Crippen LogP contribution in [0.15, 0.2) is 45.4 Å². The van der Waals surface area contributed by atoms with Crippen LogP contribution in [-0.2, 0) is 0 Å². The Morgan fingerprint density at radius 1 is 1.24 bits per heavy atom. The molecule has 0 aliphatic carbocycles. The summed E-state index contributed by atoms with van der Waals surface area (Å²) in [5.41, 5.74) is 2.71. The molecule has 0 unspecified atom stereocenters. The van der Waals surface area contributed by atoms with Gasteiger partial charge in [0, 0.05) is 16.1 Å². The average Bonchev–Trinajstić information content (AvgIpc) is 2.85. The summed E-state index contributed by atoms with van der Waals surface area (Å²) in [6.07, 6.45) is 1.64. The van der Waals surface area contributed by atoms with E-state index in [2.05, 4.69) is 26.2 Å². The normalized spacial score (nSPS) is 10.8. The Balaban J connectivity index is 1.89. The fraction of sp³-hybridized carbons (Fsp3) is 0.125. The summed E-state index contributed by atoms with van der Waals surface area (Å²) in [5, 5.41) is 3.68. The van der Waals surface area contributed by atoms with E-state index in [0.717, 1.165) is 21.0 Å². The van der Waals surface area contributed by atoms with Crippen LogP contribution in [0, 0.1) is 13.8 Å². The molecule has 1 aromatic carbocycles. The molecular formula is C16H13BrN2O2. The number of halogens is 1. The number of carbonyl (C=O) groups is 1. The molecule has 1 N–H and O–H groups in total. The van der Waals surface area contributed by atoms with Crippen molar-refractivity contribution in [3.63, 3.8) is 0 Å². The predicted molar refractivity (Wildman–Crippen MR) is 85.6 cm³/mol. The van der Waals surface area contributed by atoms with Crippen molar-refractivity contribution < 1.29 is 9.21 Å². The maximum absolute atomic E-state index is 12.2. The summed E-state index contributed by atoms with van der Waals surface area (Å²) in [7, 11) is 0. The summed E-state index contributed by atoms with van der Waals surface area (Å²) in [6, 6.07) is 9.44. The number of rotatable bonds is 2. The molecule has 0 saturated heterocycles. The summed E-state index contributed by atoms with van der Waals surface area (Å²) in [5.74, 6) is 0.501. The molecule has 4 nitrogen and oxygen atoms in total. The number of nitrogens with zero attached hydrogens (tertiary/aromatic N) is 1. The molecule has 5 heteroatoms. The van der Waals surface area contributed by atoms with Gasteiger partial charge in [-0.1, -0.05) is 11.6 Å². The van der Waals surface area contributed by atoms with Crippen LogP contribution in [0.25, 0.3) is 11.0 Å². The van der Waals surface area contributed by atoms with Crippen LogP contribution in [0.2, 0.25) is 0 Å². The van der Waals surface area contributed by atoms with Crippen LogP contribution in [0.4, 0.5) is 5.82 Å². The van der Waals surface area contributed by atoms with Gasteiger partial charge in [-0.05, 0) is 59.6 Å². The van der Waals surface area contributed by atoms with Gasteiger partial charge in [-0.15, -0.1) is 0 Å². The van der Waals surface area contributed by atoms with Gasteiger partial charge in [-0.2, -0.15) is 0 Å². The molecule has 0 spiro atoms. The number of hydrogen-bond acceptors (Lipinski definition) is 3. The van der Waals surface area contributed by atoms with Crippen LogP contribution in [0.3, 0.4) is 0 Å². The van der Waals surface area contributed by atoms with Crippen molar-refractivity contribution in [3.05, 3.63) is 57.9 Å². The number of furan rings is 1. The highest BCUT2D eigenvalue weighted by Crippen LogP contribution is 2.22. The molecule has 0 saturated carbocycles. The second-order valence-electron chi connectivity index (χ2n) is 4.93. The Labute approximate surface area is 130 Å². The van der Waals surface area contributed by atoms with Crippen molar-refractivity contribution in [1.29, 1.82) is 0 Å². The number of fused-ring (bicyclic) bond motifs is 1. The number of hydrogen-bond donors (Lipinski definition) is 1. The van der Waals surface area contributed by atoms with E-state index < -0.39 is 0 Å². The second-order valence-corrected chi connectivity index (χ2v) is 5.84. The molecule has 0 aliphatic heterocycles. The number of amides is 1. The van der Waals surface area contributed by atoms with E-state index in [1.807, 2.05) is 38.1 Å². The van der Waals surface area contributed by atoms with Gasteiger partial charge in [0.25, 0.3) is 5.91 Å². The van der Waals surface area contributed by atoms with Crippen molar-refractivity contribution >= 4 is 38.6 Å². The molecule has 21 heavy (non-hydrogen) atoms. The van der Waals surface area contributed by atoms with Gasteiger partial charge in [0.15, 0.2) is 5.76 Å². The number of carbonyl (C=O) groups excluding carboxylic acids is 1. The number of anilines is 1. The molecule has 3 rings (SSSR count). The van der Waals surface area contributed by atoms with E-state index in [-0.39, 0.29) is 11.7 Å². The van der Waals surface area contributed by atoms with Gasteiger partial charge < -0.3 is 9.73 Å². The predicted octanol–water partition coefficient (Wildman–Crippen LogP) is 4.46. The number of benzene rings is 1. The largest absolute Gasteiger partial charge is 0.451 e. The van der Waals surface area contributed by atoms with Gasteiger partial charge in [0.2, 0.25) is 0 Å². The topological polar surface area (TPSA) is 55.1 Å². The summed E-state index contributed by atoms with van der Waals surface area (Å²) in [4.78, 5) is 16.4. The first-order chi connectivity index (χ1) is 10.0. The molecular weight excluding hydrogens is 332 g/mol. The lowest BCUT2D eigenvalue weighted by Crippen LogP contribution is -2.13. The Morgan fingerprint density at radius 3 is 2.81 bits per heavy atom. The maximum Gasteiger partial charge on any atom is 0.292 e. The minimum Gasteiger partial charge on any atom is -0.451 e. The lowest BCUT2D eigenvalue weighted by Gasteiger charge is -2.05. The van der Waals surface area contributed by atoms with Crippen LogP contribution >= 0.6 is 15.9 Å². The zero-order valence-corrected chi connectivity index (χ0v) is 13.2. The van der Waals surface area contributed by atoms with E-state index >= 15 is 0 Å². The molecule has 0 aliphatic rings. The molecule has 0 bridgehead atoms. The van der Waals surface area contributed by atoms with Crippen LogP contribution in [0.5, 0.6) is 0 Å². The Bertz CT molecular complexity index is 839. The van der Waals surface area contributed by atoms with Crippen molar-refractivity contribution in [1.82, 2.24) is 4.98 Å². The van der Waals surface area contributed by atoms with Gasteiger partial charge in [-0.3, -0.25) is 4.79 Å². The fourth-order valence-corrected chi connectivity index (χ4v) is 2.56. The zero-order chi connectivity index (χ0) is 15.0. The van der Waals surface area contributed by atoms with Crippen molar-refractivity contribution in [2.75, 3.05) is 5.32 Å². The third kappa shape index (κ3) is 2.83. The zero-order valence-electron chi connectivity index (χ0n) is 11.6. The maximum atomic E-state index is 12.2. The quantitative estimate of drug-likeness (QED) is 0.746. The van der Waals surface area contributed by atoms with E-state index in [1.54, 1.807) is 12.3 Å². The summed E-state index contributed by atoms with van der Waals surface area (Å²) >= 11 is 3.34. The Morgan fingerprint density at radius 2 is 2.05 bits per heavy atom. The molecule has 0 fully saturated rings. The standard InChI is InChI=1S/C16H13BrN2O2/c1-9-3-4-13-11(5-9)7-14(21-13)16(20)19-15-10(2)6-12(17)8-18-15/h3-8H,1-2H3,(H,18,19,20). The lowest BCUT2D eigenvalue weighted by atomic mass is 10.2. The fourth-order valence-electron chi connectivity index (χ4n) is 2.12. The van der Waals surface area contributed by atoms with E-state index in [0.29, 0.717) is 11.4 Å². The number of pyridine rings is 1. The van der Waals surface area contributed by atoms with E-state index in [4.69, 9.17) is 4.42 Å². The van der Waals surface area contributed by atoms with Crippen LogP contribution in [-0.4, -0.2) is 10.9 Å². The van der Waals surface area contributed by atoms with Gasteiger partial charge >= 0.3 is 0 Å². The van der Waals surface area contributed by atoms with Crippen LogP contribution < -0.4 is 5.32 Å². The average molecular weight is 345 g/mol. The highest BCUT2D eigenvalue weighted by atomic mass is 79.9. The summed E-state index contributed by atoms with van der Waals surface area (Å²) in [6.45, 7) is 3.89. The van der Waals surface area contributed by atoms with Crippen molar-refractivity contribution in [2.24, 2.45) is 0 Å². The number of nitrogens with one attached hydrogen (secondary N) is 1. The minimum atomic E-state index is -0.304. The third-order valence-corrected chi connectivity index (χ3v) is 3.61. The monoisotopic (exact) mass is 344 g/mol. The molecule has 2 aromatic heterocycles. The second kappa shape index (κ2) is 5.33. The van der Waals surface area contributed by atoms with Crippen molar-refractivity contribution in [3.8, 4) is 0 Å². The Kier molecular flexibility index (Phi) is 3.51. The van der Waals surface area contributed by atoms with Gasteiger partial charge in [0.05, 0.1) is 0 Å². The molecule has 2 heterocycles. The first kappa shape index (κ1) is 13.8. The molecule has 1 amide bonds. The first-order valence-corrected chi connectivity index (χ1v) is 7.26. The SMILES string of the molecule is Cc1ccc2oc(C(=O)Nc3ncc(Br)cc3C)cc2c1. The lowest BCUT2D eigenvalue weighted by molar-refractivity contribution is 0.0998. The van der Waals surface area contributed by atoms with Crippen LogP contribution in [0.1, 0.15) is 21.7 Å². The van der Waals surface area contributed by atoms with Crippen molar-refractivity contribution in [2.45, 2.75) is 13.8 Å². The van der Waals surface area contributed by atoms with Gasteiger partial charge in [-0.25, -0.2) is 4.98 Å². The van der Waals surface area contributed by atoms with E-state index in [1.165, 1.54) is 0 Å². The first-order valence-electron chi connectivity index (χ1n) is 6.46. The molecule has 0 atom stereocenters. The third-order valence-electron chi connectivity index (χ3n) is 3.17. The van der Waals surface area contributed by atoms with E-state index in [9.17, 15) is 4.79 Å². The highest BCUT2D eigenvalue weighted by molar-refractivity contribution is 9.10. The smallest absolute Gasteiger partial charge is 0.292 e. The minimum absolute atomic E-state index is 0.278. The van der Waals surface area contributed by atoms with Gasteiger partial charge in [0.1, 0.15) is 11.4 Å². The number of aromatic nitrogens is 1. The number of aryl methyl sites for hydroxylation is 2.